The van der Waals surface area contributed by atoms with Crippen molar-refractivity contribution in [2.45, 2.75) is 43.6 Å². The maximum Gasteiger partial charge on any atom is 0.155 e. The number of aliphatic imine (C=N–C) groups is 2. The van der Waals surface area contributed by atoms with Gasteiger partial charge in [0.15, 0.2) is 5.84 Å². The van der Waals surface area contributed by atoms with Gasteiger partial charge in [-0.25, -0.2) is 4.99 Å². The molecule has 1 aromatic heterocycles. The van der Waals surface area contributed by atoms with E-state index in [1.807, 2.05) is 6.20 Å². The fourth-order valence-corrected chi connectivity index (χ4v) is 9.71. The van der Waals surface area contributed by atoms with E-state index in [-0.39, 0.29) is 12.0 Å². The molecule has 3 nitrogen and oxygen atoms in total. The van der Waals surface area contributed by atoms with Gasteiger partial charge in [0.25, 0.3) is 0 Å². The number of aromatic nitrogens is 1. The average molecular weight is 708 g/mol. The summed E-state index contributed by atoms with van der Waals surface area (Å²) in [5.41, 5.74) is 10.3. The lowest BCUT2D eigenvalue weighted by Gasteiger charge is -2.21. The highest BCUT2D eigenvalue weighted by Gasteiger charge is 2.57. The number of nitrogens with zero attached hydrogens (tertiary/aromatic N) is 3. The Morgan fingerprint density at radius 2 is 1.33 bits per heavy atom. The van der Waals surface area contributed by atoms with E-state index in [9.17, 15) is 0 Å². The monoisotopic (exact) mass is 707 g/mol. The molecule has 1 fully saturated rings. The predicted octanol–water partition coefficient (Wildman–Crippen LogP) is 10.3. The van der Waals surface area contributed by atoms with Gasteiger partial charge in [-0.2, -0.15) is 0 Å². The second-order valence-electron chi connectivity index (χ2n) is 15.7. The zero-order valence-corrected chi connectivity index (χ0v) is 30.7. The van der Waals surface area contributed by atoms with Crippen LogP contribution in [-0.4, -0.2) is 22.6 Å². The van der Waals surface area contributed by atoms with Crippen LogP contribution in [0.2, 0.25) is 0 Å². The number of benzene rings is 5. The van der Waals surface area contributed by atoms with E-state index in [0.717, 1.165) is 37.1 Å². The normalized spacial score (nSPS) is 23.9. The Labute approximate surface area is 321 Å². The maximum absolute atomic E-state index is 5.49. The third-order valence-electron chi connectivity index (χ3n) is 12.5. The Morgan fingerprint density at radius 3 is 2.20 bits per heavy atom. The first-order valence-corrected chi connectivity index (χ1v) is 19.9. The van der Waals surface area contributed by atoms with Crippen LogP contribution in [0.5, 0.6) is 0 Å². The van der Waals surface area contributed by atoms with E-state index in [2.05, 4.69) is 169 Å². The quantitative estimate of drug-likeness (QED) is 0.170. The third kappa shape index (κ3) is 5.69. The molecule has 1 aliphatic heterocycles. The first kappa shape index (κ1) is 32.3. The van der Waals surface area contributed by atoms with Gasteiger partial charge in [0.05, 0.1) is 11.8 Å². The van der Waals surface area contributed by atoms with Gasteiger partial charge in [-0.3, -0.25) is 9.98 Å². The Bertz CT molecular complexity index is 2850. The van der Waals surface area contributed by atoms with Crippen molar-refractivity contribution >= 4 is 44.7 Å². The van der Waals surface area contributed by atoms with Gasteiger partial charge >= 0.3 is 0 Å². The van der Waals surface area contributed by atoms with Crippen molar-refractivity contribution in [1.82, 2.24) is 4.98 Å². The molecule has 0 bridgehead atoms. The van der Waals surface area contributed by atoms with E-state index in [4.69, 9.17) is 9.98 Å². The molecule has 4 aliphatic carbocycles. The molecule has 0 radical (unpaired) electrons. The highest BCUT2D eigenvalue weighted by atomic mass is 15.1. The highest BCUT2D eigenvalue weighted by Crippen LogP contribution is 2.53. The zero-order chi connectivity index (χ0) is 36.3. The van der Waals surface area contributed by atoms with Crippen molar-refractivity contribution in [3.63, 3.8) is 0 Å². The number of amidine groups is 1. The number of allylic oxidation sites excluding steroid dienone is 7. The number of pyridine rings is 1. The molecule has 0 amide bonds. The fourth-order valence-electron chi connectivity index (χ4n) is 9.71. The first-order valence-electron chi connectivity index (χ1n) is 19.9. The van der Waals surface area contributed by atoms with Crippen molar-refractivity contribution in [1.29, 1.82) is 0 Å². The zero-order valence-electron chi connectivity index (χ0n) is 30.7. The van der Waals surface area contributed by atoms with Gasteiger partial charge < -0.3 is 0 Å². The van der Waals surface area contributed by atoms with Crippen molar-refractivity contribution in [3.8, 4) is 0 Å². The van der Waals surface area contributed by atoms with Crippen molar-refractivity contribution in [2.75, 3.05) is 0 Å². The van der Waals surface area contributed by atoms with Crippen molar-refractivity contribution < 1.29 is 0 Å². The molecule has 0 spiro atoms. The molecule has 1 saturated carbocycles. The Balaban J connectivity index is 0.940. The Morgan fingerprint density at radius 1 is 0.582 bits per heavy atom. The van der Waals surface area contributed by atoms with Gasteiger partial charge in [-0.1, -0.05) is 152 Å². The molecule has 0 saturated heterocycles. The Hall–Kier alpha value is -6.19. The smallest absolute Gasteiger partial charge is 0.155 e. The summed E-state index contributed by atoms with van der Waals surface area (Å²) in [6.07, 6.45) is 24.9. The van der Waals surface area contributed by atoms with E-state index in [0.29, 0.717) is 17.8 Å². The largest absolute Gasteiger partial charge is 0.264 e. The molecule has 0 N–H and O–H groups in total. The lowest BCUT2D eigenvalue weighted by atomic mass is 9.85. The minimum atomic E-state index is 0.181. The van der Waals surface area contributed by atoms with Crippen LogP contribution in [0, 0.1) is 11.8 Å². The molecule has 3 heteroatoms. The Kier molecular flexibility index (Phi) is 7.79. The lowest BCUT2D eigenvalue weighted by Crippen LogP contribution is -2.29. The van der Waals surface area contributed by atoms with Crippen LogP contribution in [0.3, 0.4) is 0 Å². The average Bonchev–Trinajstić information content (AvgIpc) is 4.00. The van der Waals surface area contributed by atoms with Crippen LogP contribution in [0.25, 0.3) is 33.2 Å². The van der Waals surface area contributed by atoms with E-state index < -0.39 is 0 Å². The second-order valence-corrected chi connectivity index (χ2v) is 15.7. The second kappa shape index (κ2) is 13.3. The summed E-state index contributed by atoms with van der Waals surface area (Å²) in [7, 11) is 0. The molecule has 55 heavy (non-hydrogen) atoms. The molecule has 5 atom stereocenters. The van der Waals surface area contributed by atoms with Crippen LogP contribution < -0.4 is 10.4 Å². The van der Waals surface area contributed by atoms with Crippen LogP contribution in [0.4, 0.5) is 0 Å². The molecule has 6 aromatic rings. The summed E-state index contributed by atoms with van der Waals surface area (Å²) < 4.78 is 0. The third-order valence-corrected chi connectivity index (χ3v) is 12.5. The number of hydrogen-bond acceptors (Lipinski definition) is 3. The SMILES string of the molecule is C1=CC(c2cccc3ccccc23)CC=C1C1=NC(c2cccc(C3=c4ccccc4=CCC3)c2)=N[C@H]2C(C3=CCC(c4cncc5ccccc45)C=C3)C12. The van der Waals surface area contributed by atoms with Gasteiger partial charge in [0.2, 0.25) is 0 Å². The van der Waals surface area contributed by atoms with Gasteiger partial charge in [0.1, 0.15) is 0 Å². The molecule has 264 valence electrons. The van der Waals surface area contributed by atoms with Crippen LogP contribution in [0.15, 0.2) is 185 Å². The number of rotatable bonds is 6. The van der Waals surface area contributed by atoms with Crippen molar-refractivity contribution in [2.24, 2.45) is 21.8 Å². The van der Waals surface area contributed by atoms with Gasteiger partial charge in [-0.05, 0) is 91.8 Å². The summed E-state index contributed by atoms with van der Waals surface area (Å²) in [5.74, 6) is 2.11. The predicted molar refractivity (Wildman–Crippen MR) is 228 cm³/mol. The molecule has 2 heterocycles. The summed E-state index contributed by atoms with van der Waals surface area (Å²) in [6.45, 7) is 0. The van der Waals surface area contributed by atoms with Crippen LogP contribution >= 0.6 is 0 Å². The summed E-state index contributed by atoms with van der Waals surface area (Å²) in [6, 6.07) is 42.0. The molecular weight excluding hydrogens is 667 g/mol. The fraction of sp³-hybridized carbons (Fsp3) is 0.173. The number of hydrogen-bond donors (Lipinski definition) is 0. The van der Waals surface area contributed by atoms with E-state index in [1.165, 1.54) is 71.1 Å². The maximum atomic E-state index is 5.49. The molecule has 4 unspecified atom stereocenters. The highest BCUT2D eigenvalue weighted by molar-refractivity contribution is 6.18. The van der Waals surface area contributed by atoms with E-state index in [1.54, 1.807) is 0 Å². The minimum absolute atomic E-state index is 0.181. The van der Waals surface area contributed by atoms with E-state index >= 15 is 0 Å². The summed E-state index contributed by atoms with van der Waals surface area (Å²) in [4.78, 5) is 15.5. The standard InChI is InChI=1S/C52H41N3/c1-4-17-42-33(10-1)13-8-20-44(42)35-24-28-38(29-25-35)50-49-48(37-26-22-36(23-27-37)47-32-53-31-41-12-3-6-19-46(41)47)51(49)55-52(54-50)40-16-7-15-39(30-40)45-21-9-14-34-11-2-5-18-43(34)45/h1-8,10-20,22,24,26-32,35-36,48-49,51H,9,21,23,25H2/t35?,36?,48?,49?,51-/m0/s1. The molecular formula is C52H41N3. The molecule has 5 aromatic carbocycles. The van der Waals surface area contributed by atoms with Gasteiger partial charge in [-0.15, -0.1) is 0 Å². The van der Waals surface area contributed by atoms with Crippen LogP contribution in [-0.2, 0) is 0 Å². The van der Waals surface area contributed by atoms with Gasteiger partial charge in [0, 0.05) is 47.0 Å². The minimum Gasteiger partial charge on any atom is -0.264 e. The lowest BCUT2D eigenvalue weighted by molar-refractivity contribution is 0.818. The molecule has 11 rings (SSSR count). The summed E-state index contributed by atoms with van der Waals surface area (Å²) in [5, 5.41) is 7.80. The molecule has 5 aliphatic rings. The topological polar surface area (TPSA) is 37.6 Å². The van der Waals surface area contributed by atoms with Crippen LogP contribution in [0.1, 0.15) is 59.8 Å². The number of fused-ring (bicyclic) bond motifs is 4. The first-order chi connectivity index (χ1) is 27.3. The van der Waals surface area contributed by atoms with Crippen molar-refractivity contribution in [3.05, 3.63) is 208 Å². The summed E-state index contributed by atoms with van der Waals surface area (Å²) >= 11 is 0.